The lowest BCUT2D eigenvalue weighted by molar-refractivity contribution is -0.117. The van der Waals surface area contributed by atoms with Gasteiger partial charge in [-0.25, -0.2) is 4.68 Å². The van der Waals surface area contributed by atoms with Gasteiger partial charge in [0.25, 0.3) is 0 Å². The molecule has 3 heterocycles. The minimum absolute atomic E-state index is 0.230. The Morgan fingerprint density at radius 1 is 0.960 bits per heavy atom. The minimum Gasteiger partial charge on any atom is -0.312 e. The third-order valence-corrected chi connectivity index (χ3v) is 5.41. The Morgan fingerprint density at radius 3 is 2.36 bits per heavy atom. The number of amides is 1. The van der Waals surface area contributed by atoms with Gasteiger partial charge >= 0.3 is 0 Å². The molecule has 0 unspecified atom stereocenters. The van der Waals surface area contributed by atoms with Gasteiger partial charge in [0.1, 0.15) is 0 Å². The summed E-state index contributed by atoms with van der Waals surface area (Å²) in [6.45, 7) is 7.54. The Hall–Kier alpha value is -2.14. The van der Waals surface area contributed by atoms with Gasteiger partial charge in [-0.15, -0.1) is 0 Å². The highest BCUT2D eigenvalue weighted by atomic mass is 16.2. The third kappa shape index (κ3) is 3.21. The van der Waals surface area contributed by atoms with E-state index in [0.717, 1.165) is 50.3 Å². The van der Waals surface area contributed by atoms with Gasteiger partial charge in [0, 0.05) is 50.4 Å². The highest BCUT2D eigenvalue weighted by molar-refractivity contribution is 5.95. The van der Waals surface area contributed by atoms with Gasteiger partial charge in [-0.05, 0) is 56.5 Å². The lowest BCUT2D eigenvalue weighted by Gasteiger charge is -2.23. The second kappa shape index (κ2) is 6.64. The second-order valence-electron chi connectivity index (χ2n) is 7.34. The van der Waals surface area contributed by atoms with Gasteiger partial charge in [0.05, 0.1) is 11.4 Å². The van der Waals surface area contributed by atoms with Gasteiger partial charge in [-0.3, -0.25) is 4.79 Å². The lowest BCUT2D eigenvalue weighted by atomic mass is 10.2. The van der Waals surface area contributed by atoms with E-state index < -0.39 is 0 Å². The van der Waals surface area contributed by atoms with Crippen molar-refractivity contribution in [3.8, 4) is 5.69 Å². The van der Waals surface area contributed by atoms with Crippen LogP contribution >= 0.6 is 0 Å². The largest absolute Gasteiger partial charge is 0.312 e. The molecule has 0 bridgehead atoms. The molecule has 0 radical (unpaired) electrons. The first-order valence-electron chi connectivity index (χ1n) is 9.34. The summed E-state index contributed by atoms with van der Waals surface area (Å²) in [7, 11) is 0. The topological polar surface area (TPSA) is 41.4 Å². The standard InChI is InChI=1S/C20H26N4O/c1-15(2)22-12-9-16-14-24(21-19(16)10-13-22)18-7-5-17(6-8-18)23-11-3-4-20(23)25/h5-8,14-15H,3-4,9-13H2,1-2H3. The van der Waals surface area contributed by atoms with Crippen LogP contribution in [0.2, 0.25) is 0 Å². The van der Waals surface area contributed by atoms with Crippen LogP contribution in [-0.4, -0.2) is 46.3 Å². The van der Waals surface area contributed by atoms with E-state index in [1.807, 2.05) is 21.7 Å². The molecule has 0 saturated carbocycles. The van der Waals surface area contributed by atoms with E-state index in [1.54, 1.807) is 0 Å². The first-order chi connectivity index (χ1) is 12.1. The molecule has 5 heteroatoms. The molecule has 0 aliphatic carbocycles. The van der Waals surface area contributed by atoms with Crippen molar-refractivity contribution < 1.29 is 4.79 Å². The predicted molar refractivity (Wildman–Crippen MR) is 99.3 cm³/mol. The molecular formula is C20H26N4O. The highest BCUT2D eigenvalue weighted by Gasteiger charge is 2.22. The molecule has 0 atom stereocenters. The molecule has 2 aliphatic rings. The molecule has 5 nitrogen and oxygen atoms in total. The molecule has 25 heavy (non-hydrogen) atoms. The summed E-state index contributed by atoms with van der Waals surface area (Å²) in [5.41, 5.74) is 4.64. The maximum absolute atomic E-state index is 11.9. The summed E-state index contributed by atoms with van der Waals surface area (Å²) in [6.07, 6.45) is 5.88. The molecule has 1 aromatic carbocycles. The fraction of sp³-hybridized carbons (Fsp3) is 0.500. The molecule has 1 fully saturated rings. The van der Waals surface area contributed by atoms with Crippen LogP contribution in [-0.2, 0) is 17.6 Å². The number of hydrogen-bond donors (Lipinski definition) is 0. The summed E-state index contributed by atoms with van der Waals surface area (Å²) in [5.74, 6) is 0.230. The fourth-order valence-electron chi connectivity index (χ4n) is 3.85. The number of carbonyl (C=O) groups excluding carboxylic acids is 1. The molecule has 1 aromatic heterocycles. The van der Waals surface area contributed by atoms with Crippen LogP contribution in [0.25, 0.3) is 5.69 Å². The van der Waals surface area contributed by atoms with Crippen molar-refractivity contribution in [3.63, 3.8) is 0 Å². The number of benzene rings is 1. The summed E-state index contributed by atoms with van der Waals surface area (Å²) in [5, 5.41) is 4.83. The number of nitrogens with zero attached hydrogens (tertiary/aromatic N) is 4. The quantitative estimate of drug-likeness (QED) is 0.864. The Bertz CT molecular complexity index is 737. The first-order valence-corrected chi connectivity index (χ1v) is 9.34. The van der Waals surface area contributed by atoms with E-state index in [4.69, 9.17) is 5.10 Å². The average Bonchev–Trinajstić information content (AvgIpc) is 3.16. The molecule has 2 aromatic rings. The smallest absolute Gasteiger partial charge is 0.227 e. The second-order valence-corrected chi connectivity index (χ2v) is 7.34. The maximum Gasteiger partial charge on any atom is 0.227 e. The maximum atomic E-state index is 11.9. The number of fused-ring (bicyclic) bond motifs is 1. The van der Waals surface area contributed by atoms with Crippen molar-refractivity contribution in [3.05, 3.63) is 41.7 Å². The predicted octanol–water partition coefficient (Wildman–Crippen LogP) is 2.81. The molecule has 0 N–H and O–H groups in total. The van der Waals surface area contributed by atoms with E-state index in [2.05, 4.69) is 37.1 Å². The Morgan fingerprint density at radius 2 is 1.68 bits per heavy atom. The van der Waals surface area contributed by atoms with Crippen LogP contribution in [0.3, 0.4) is 0 Å². The van der Waals surface area contributed by atoms with E-state index in [1.165, 1.54) is 11.3 Å². The van der Waals surface area contributed by atoms with Crippen LogP contribution in [0, 0.1) is 0 Å². The highest BCUT2D eigenvalue weighted by Crippen LogP contribution is 2.24. The third-order valence-electron chi connectivity index (χ3n) is 5.41. The molecule has 0 spiro atoms. The van der Waals surface area contributed by atoms with Crippen molar-refractivity contribution in [2.45, 2.75) is 45.6 Å². The number of anilines is 1. The average molecular weight is 338 g/mol. The summed E-state index contributed by atoms with van der Waals surface area (Å²) < 4.78 is 1.99. The zero-order valence-corrected chi connectivity index (χ0v) is 15.1. The fourth-order valence-corrected chi connectivity index (χ4v) is 3.85. The number of carbonyl (C=O) groups is 1. The van der Waals surface area contributed by atoms with E-state index >= 15 is 0 Å². The summed E-state index contributed by atoms with van der Waals surface area (Å²) >= 11 is 0. The summed E-state index contributed by atoms with van der Waals surface area (Å²) in [4.78, 5) is 16.3. The molecule has 2 aliphatic heterocycles. The van der Waals surface area contributed by atoms with Gasteiger partial charge in [-0.1, -0.05) is 0 Å². The zero-order valence-electron chi connectivity index (χ0n) is 15.1. The monoisotopic (exact) mass is 338 g/mol. The van der Waals surface area contributed by atoms with Gasteiger partial charge in [0.2, 0.25) is 5.91 Å². The Balaban J connectivity index is 1.52. The molecule has 1 saturated heterocycles. The van der Waals surface area contributed by atoms with Crippen LogP contribution in [0.5, 0.6) is 0 Å². The van der Waals surface area contributed by atoms with E-state index in [0.29, 0.717) is 12.5 Å². The normalized spacial score (nSPS) is 18.7. The Labute approximate surface area is 149 Å². The molecule has 132 valence electrons. The van der Waals surface area contributed by atoms with Crippen LogP contribution in [0.4, 0.5) is 5.69 Å². The van der Waals surface area contributed by atoms with Crippen molar-refractivity contribution >= 4 is 11.6 Å². The van der Waals surface area contributed by atoms with Gasteiger partial charge < -0.3 is 9.80 Å². The van der Waals surface area contributed by atoms with Crippen molar-refractivity contribution in [2.24, 2.45) is 0 Å². The lowest BCUT2D eigenvalue weighted by Crippen LogP contribution is -2.33. The molecular weight excluding hydrogens is 312 g/mol. The van der Waals surface area contributed by atoms with Crippen molar-refractivity contribution in [2.75, 3.05) is 24.5 Å². The van der Waals surface area contributed by atoms with E-state index in [-0.39, 0.29) is 5.91 Å². The van der Waals surface area contributed by atoms with Gasteiger partial charge in [0.15, 0.2) is 0 Å². The van der Waals surface area contributed by atoms with Crippen LogP contribution in [0.15, 0.2) is 30.5 Å². The minimum atomic E-state index is 0.230. The molecule has 1 amide bonds. The zero-order chi connectivity index (χ0) is 17.4. The first kappa shape index (κ1) is 16.3. The SMILES string of the molecule is CC(C)N1CCc2cn(-c3ccc(N4CCCC4=O)cc3)nc2CC1. The number of hydrogen-bond acceptors (Lipinski definition) is 3. The van der Waals surface area contributed by atoms with Gasteiger partial charge in [-0.2, -0.15) is 5.10 Å². The molecule has 4 rings (SSSR count). The van der Waals surface area contributed by atoms with Crippen LogP contribution < -0.4 is 4.90 Å². The summed E-state index contributed by atoms with van der Waals surface area (Å²) in [6, 6.07) is 8.79. The number of rotatable bonds is 3. The van der Waals surface area contributed by atoms with Crippen molar-refractivity contribution in [1.82, 2.24) is 14.7 Å². The van der Waals surface area contributed by atoms with Crippen LogP contribution in [0.1, 0.15) is 37.9 Å². The van der Waals surface area contributed by atoms with Crippen molar-refractivity contribution in [1.29, 1.82) is 0 Å². The Kier molecular flexibility index (Phi) is 4.34. The van der Waals surface area contributed by atoms with E-state index in [9.17, 15) is 4.79 Å². The number of aromatic nitrogens is 2.